The van der Waals surface area contributed by atoms with E-state index in [1.54, 1.807) is 11.8 Å². The lowest BCUT2D eigenvalue weighted by Gasteiger charge is -2.58. The Morgan fingerprint density at radius 1 is 1.10 bits per heavy atom. The zero-order valence-corrected chi connectivity index (χ0v) is 20.8. The average molecular weight is 460 g/mol. The molecule has 3 nitrogen and oxygen atoms in total. The van der Waals surface area contributed by atoms with Crippen LogP contribution in [-0.2, 0) is 9.59 Å². The lowest BCUT2D eigenvalue weighted by molar-refractivity contribution is -0.128. The largest absolute Gasteiger partial charge is 0.358 e. The van der Waals surface area contributed by atoms with Crippen molar-refractivity contribution in [2.75, 3.05) is 18.8 Å². The smallest absolute Gasteiger partial charge is 0.155 e. The topological polar surface area (TPSA) is 37.4 Å². The standard InChI is InChI=1S/C26H37NO2S2/c1-25-11-9-18(28)15-17(25)5-6-19-20-7-8-22(26(20,2)12-10-21(19)25)23(29)16-31-24(30)27-13-3-4-14-27/h15,19-22H,3-14,16H2,1-2H3. The number of carbonyl (C=O) groups excluding carboxylic acids is 2. The van der Waals surface area contributed by atoms with Gasteiger partial charge < -0.3 is 4.90 Å². The van der Waals surface area contributed by atoms with Gasteiger partial charge in [0.25, 0.3) is 0 Å². The summed E-state index contributed by atoms with van der Waals surface area (Å²) in [5, 5.41) is 0. The van der Waals surface area contributed by atoms with Crippen LogP contribution in [0, 0.1) is 34.5 Å². The lowest BCUT2D eigenvalue weighted by Crippen LogP contribution is -2.51. The van der Waals surface area contributed by atoms with Crippen molar-refractivity contribution in [3.63, 3.8) is 0 Å². The van der Waals surface area contributed by atoms with Gasteiger partial charge in [0, 0.05) is 25.4 Å². The third-order valence-electron chi connectivity index (χ3n) is 10.1. The average Bonchev–Trinajstić information content (AvgIpc) is 3.40. The number of fused-ring (bicyclic) bond motifs is 5. The first-order chi connectivity index (χ1) is 14.8. The van der Waals surface area contributed by atoms with E-state index in [0.29, 0.717) is 29.2 Å². The molecule has 5 aliphatic rings. The van der Waals surface area contributed by atoms with Gasteiger partial charge in [0.05, 0.1) is 5.75 Å². The van der Waals surface area contributed by atoms with Crippen molar-refractivity contribution >= 4 is 39.9 Å². The summed E-state index contributed by atoms with van der Waals surface area (Å²) in [6.45, 7) is 7.00. The molecule has 4 fully saturated rings. The number of nitrogens with zero attached hydrogens (tertiary/aromatic N) is 1. The van der Waals surface area contributed by atoms with Crippen molar-refractivity contribution in [3.8, 4) is 0 Å². The number of hydrogen-bond donors (Lipinski definition) is 0. The number of rotatable bonds is 3. The van der Waals surface area contributed by atoms with E-state index in [4.69, 9.17) is 12.2 Å². The molecule has 0 aromatic rings. The molecule has 0 radical (unpaired) electrons. The highest BCUT2D eigenvalue weighted by Gasteiger charge is 2.59. The van der Waals surface area contributed by atoms with Crippen LogP contribution in [0.4, 0.5) is 0 Å². The van der Waals surface area contributed by atoms with Gasteiger partial charge in [0.15, 0.2) is 5.78 Å². The van der Waals surface area contributed by atoms with E-state index in [-0.39, 0.29) is 16.7 Å². The summed E-state index contributed by atoms with van der Waals surface area (Å²) in [5.41, 5.74) is 1.82. The minimum absolute atomic E-state index is 0.163. The monoisotopic (exact) mass is 459 g/mol. The highest BCUT2D eigenvalue weighted by atomic mass is 32.2. The van der Waals surface area contributed by atoms with Crippen molar-refractivity contribution in [1.82, 2.24) is 4.90 Å². The van der Waals surface area contributed by atoms with Crippen molar-refractivity contribution in [1.29, 1.82) is 0 Å². The molecular weight excluding hydrogens is 422 g/mol. The molecule has 5 rings (SSSR count). The predicted molar refractivity (Wildman–Crippen MR) is 131 cm³/mol. The normalized spacial score (nSPS) is 41.9. The van der Waals surface area contributed by atoms with Gasteiger partial charge in [-0.3, -0.25) is 9.59 Å². The van der Waals surface area contributed by atoms with Crippen LogP contribution in [0.15, 0.2) is 11.6 Å². The van der Waals surface area contributed by atoms with Crippen LogP contribution in [0.5, 0.6) is 0 Å². The third kappa shape index (κ3) is 3.66. The molecule has 4 aliphatic carbocycles. The molecule has 0 aromatic carbocycles. The summed E-state index contributed by atoms with van der Waals surface area (Å²) in [6.07, 6.45) is 13.2. The Balaban J connectivity index is 1.28. The van der Waals surface area contributed by atoms with Crippen LogP contribution in [0.2, 0.25) is 0 Å². The molecule has 170 valence electrons. The lowest BCUT2D eigenvalue weighted by atomic mass is 9.46. The molecule has 0 bridgehead atoms. The van der Waals surface area contributed by atoms with E-state index in [1.165, 1.54) is 44.1 Å². The number of hydrogen-bond acceptors (Lipinski definition) is 4. The summed E-state index contributed by atoms with van der Waals surface area (Å²) >= 11 is 7.22. The summed E-state index contributed by atoms with van der Waals surface area (Å²) in [6, 6.07) is 0. The fourth-order valence-corrected chi connectivity index (χ4v) is 9.50. The first-order valence-corrected chi connectivity index (χ1v) is 13.9. The van der Waals surface area contributed by atoms with Crippen LogP contribution in [-0.4, -0.2) is 39.6 Å². The molecule has 0 N–H and O–H groups in total. The molecule has 6 unspecified atom stereocenters. The molecule has 1 aliphatic heterocycles. The second kappa shape index (κ2) is 8.27. The van der Waals surface area contributed by atoms with Gasteiger partial charge in [0.1, 0.15) is 10.1 Å². The van der Waals surface area contributed by atoms with Gasteiger partial charge in [-0.25, -0.2) is 0 Å². The Morgan fingerprint density at radius 3 is 2.65 bits per heavy atom. The van der Waals surface area contributed by atoms with E-state index < -0.39 is 0 Å². The molecule has 1 saturated heterocycles. The van der Waals surface area contributed by atoms with Gasteiger partial charge in [-0.1, -0.05) is 43.4 Å². The zero-order chi connectivity index (χ0) is 21.8. The molecule has 6 atom stereocenters. The molecule has 1 heterocycles. The Morgan fingerprint density at radius 2 is 1.87 bits per heavy atom. The minimum atomic E-state index is 0.163. The minimum Gasteiger partial charge on any atom is -0.358 e. The van der Waals surface area contributed by atoms with Crippen LogP contribution < -0.4 is 0 Å². The Kier molecular flexibility index (Phi) is 5.90. The maximum absolute atomic E-state index is 13.4. The van der Waals surface area contributed by atoms with Crippen molar-refractivity contribution in [3.05, 3.63) is 11.6 Å². The zero-order valence-electron chi connectivity index (χ0n) is 19.2. The maximum atomic E-state index is 13.4. The van der Waals surface area contributed by atoms with Crippen molar-refractivity contribution in [2.45, 2.75) is 78.1 Å². The van der Waals surface area contributed by atoms with Gasteiger partial charge in [0.2, 0.25) is 0 Å². The fraction of sp³-hybridized carbons (Fsp3) is 0.808. The number of ketones is 2. The second-order valence-corrected chi connectivity index (χ2v) is 13.0. The number of carbonyl (C=O) groups is 2. The molecule has 3 saturated carbocycles. The SMILES string of the molecule is CC12CCC(=O)C=C1CCC1C2CCC2(C)C(C(=O)CSC(=S)N3CCCC3)CCC12. The molecular formula is C26H37NO2S2. The second-order valence-electron chi connectivity index (χ2n) is 11.4. The summed E-state index contributed by atoms with van der Waals surface area (Å²) in [4.78, 5) is 27.7. The van der Waals surface area contributed by atoms with Crippen LogP contribution in [0.25, 0.3) is 0 Å². The molecule has 5 heteroatoms. The fourth-order valence-electron chi connectivity index (χ4n) is 8.31. The summed E-state index contributed by atoms with van der Waals surface area (Å²) in [5.74, 6) is 3.65. The molecule has 31 heavy (non-hydrogen) atoms. The van der Waals surface area contributed by atoms with E-state index in [0.717, 1.165) is 49.0 Å². The quantitative estimate of drug-likeness (QED) is 0.497. The van der Waals surface area contributed by atoms with E-state index in [1.807, 2.05) is 6.08 Å². The first kappa shape index (κ1) is 22.1. The molecule has 0 amide bonds. The van der Waals surface area contributed by atoms with Crippen LogP contribution >= 0.6 is 24.0 Å². The number of thioether (sulfide) groups is 1. The highest BCUT2D eigenvalue weighted by molar-refractivity contribution is 8.23. The van der Waals surface area contributed by atoms with Gasteiger partial charge in [-0.15, -0.1) is 0 Å². The molecule has 0 spiro atoms. The third-order valence-corrected chi connectivity index (χ3v) is 11.6. The van der Waals surface area contributed by atoms with Crippen LogP contribution in [0.3, 0.4) is 0 Å². The van der Waals surface area contributed by atoms with Crippen molar-refractivity contribution in [2.24, 2.45) is 34.5 Å². The summed E-state index contributed by atoms with van der Waals surface area (Å²) < 4.78 is 0.931. The first-order valence-electron chi connectivity index (χ1n) is 12.5. The van der Waals surface area contributed by atoms with E-state index in [9.17, 15) is 9.59 Å². The van der Waals surface area contributed by atoms with E-state index >= 15 is 0 Å². The highest BCUT2D eigenvalue weighted by Crippen LogP contribution is 2.66. The molecule has 0 aromatic heterocycles. The number of likely N-dealkylation sites (tertiary alicyclic amines) is 1. The van der Waals surface area contributed by atoms with Gasteiger partial charge in [-0.05, 0) is 92.4 Å². The van der Waals surface area contributed by atoms with Crippen LogP contribution in [0.1, 0.15) is 78.1 Å². The van der Waals surface area contributed by atoms with Gasteiger partial charge in [-0.2, -0.15) is 0 Å². The Bertz CT molecular complexity index is 816. The number of allylic oxidation sites excluding steroid dienone is 1. The summed E-state index contributed by atoms with van der Waals surface area (Å²) in [7, 11) is 0. The number of thiocarbonyl (C=S) groups is 1. The van der Waals surface area contributed by atoms with Crippen molar-refractivity contribution < 1.29 is 9.59 Å². The number of Topliss-reactive ketones (excluding diaryl/α,β-unsaturated/α-hetero) is 1. The van der Waals surface area contributed by atoms with E-state index in [2.05, 4.69) is 18.7 Å². The Hall–Kier alpha value is -0.680. The van der Waals surface area contributed by atoms with Gasteiger partial charge >= 0.3 is 0 Å². The maximum Gasteiger partial charge on any atom is 0.155 e. The Labute approximate surface area is 197 Å². The predicted octanol–water partition coefficient (Wildman–Crippen LogP) is 5.82.